The highest BCUT2D eigenvalue weighted by molar-refractivity contribution is 5.96. The Hall–Kier alpha value is -3.28. The fourth-order valence-electron chi connectivity index (χ4n) is 3.85. The Morgan fingerprint density at radius 2 is 1.83 bits per heavy atom. The van der Waals surface area contributed by atoms with Gasteiger partial charge in [0.15, 0.2) is 5.76 Å². The molecule has 0 aliphatic carbocycles. The van der Waals surface area contributed by atoms with E-state index in [4.69, 9.17) is 4.42 Å². The van der Waals surface area contributed by atoms with Crippen LogP contribution in [0.3, 0.4) is 0 Å². The molecule has 1 saturated heterocycles. The normalized spacial score (nSPS) is 14.7. The molecular weight excluding hydrogens is 378 g/mol. The first kappa shape index (κ1) is 20.0. The zero-order valence-electron chi connectivity index (χ0n) is 17.4. The first-order valence-electron chi connectivity index (χ1n) is 10.3. The molecule has 6 nitrogen and oxygen atoms in total. The standard InChI is InChI=1S/C24H27N3O3/c1-26(2)20-8-5-7-19(14-20)23(28)25-16-17-10-12-27(13-11-17)24(29)22-15-18-6-3-4-9-21(18)30-22/h3-9,14-15,17H,10-13,16H2,1-2H3,(H,25,28). The molecule has 30 heavy (non-hydrogen) atoms. The van der Waals surface area contributed by atoms with E-state index in [-0.39, 0.29) is 11.8 Å². The van der Waals surface area contributed by atoms with Crippen LogP contribution in [-0.2, 0) is 0 Å². The zero-order valence-corrected chi connectivity index (χ0v) is 17.4. The summed E-state index contributed by atoms with van der Waals surface area (Å²) in [4.78, 5) is 29.1. The smallest absolute Gasteiger partial charge is 0.289 e. The van der Waals surface area contributed by atoms with Crippen LogP contribution in [0.15, 0.2) is 59.0 Å². The molecule has 2 aromatic carbocycles. The third-order valence-corrected chi connectivity index (χ3v) is 5.71. The summed E-state index contributed by atoms with van der Waals surface area (Å²) in [5, 5.41) is 3.99. The van der Waals surface area contributed by atoms with Crippen LogP contribution in [0.1, 0.15) is 33.8 Å². The Morgan fingerprint density at radius 3 is 2.57 bits per heavy atom. The number of amides is 2. The Balaban J connectivity index is 1.29. The van der Waals surface area contributed by atoms with Crippen LogP contribution in [0.25, 0.3) is 11.0 Å². The van der Waals surface area contributed by atoms with Gasteiger partial charge in [-0.15, -0.1) is 0 Å². The van der Waals surface area contributed by atoms with E-state index in [2.05, 4.69) is 5.32 Å². The van der Waals surface area contributed by atoms with Crippen LogP contribution in [0.4, 0.5) is 5.69 Å². The van der Waals surface area contributed by atoms with E-state index in [9.17, 15) is 9.59 Å². The minimum Gasteiger partial charge on any atom is -0.451 e. The van der Waals surface area contributed by atoms with E-state index < -0.39 is 0 Å². The number of fused-ring (bicyclic) bond motifs is 1. The first-order chi connectivity index (χ1) is 14.5. The van der Waals surface area contributed by atoms with Crippen molar-refractivity contribution in [2.24, 2.45) is 5.92 Å². The number of likely N-dealkylation sites (tertiary alicyclic amines) is 1. The number of carbonyl (C=O) groups is 2. The highest BCUT2D eigenvalue weighted by atomic mass is 16.3. The van der Waals surface area contributed by atoms with Gasteiger partial charge in [0.05, 0.1) is 0 Å². The average Bonchev–Trinajstić information content (AvgIpc) is 3.21. The maximum atomic E-state index is 12.8. The lowest BCUT2D eigenvalue weighted by Crippen LogP contribution is -2.41. The Bertz CT molecular complexity index is 1020. The number of nitrogens with zero attached hydrogens (tertiary/aromatic N) is 2. The third-order valence-electron chi connectivity index (χ3n) is 5.71. The first-order valence-corrected chi connectivity index (χ1v) is 10.3. The zero-order chi connectivity index (χ0) is 21.1. The number of carbonyl (C=O) groups excluding carboxylic acids is 2. The van der Waals surface area contributed by atoms with Gasteiger partial charge >= 0.3 is 0 Å². The number of benzene rings is 2. The summed E-state index contributed by atoms with van der Waals surface area (Å²) in [5.41, 5.74) is 2.40. The molecule has 0 radical (unpaired) electrons. The molecule has 2 amide bonds. The molecule has 156 valence electrons. The van der Waals surface area contributed by atoms with Crippen LogP contribution < -0.4 is 10.2 Å². The molecule has 3 aromatic rings. The number of anilines is 1. The lowest BCUT2D eigenvalue weighted by molar-refractivity contribution is 0.0655. The molecular formula is C24H27N3O3. The van der Waals surface area contributed by atoms with Gasteiger partial charge in [-0.2, -0.15) is 0 Å². The molecule has 4 rings (SSSR count). The highest BCUT2D eigenvalue weighted by Gasteiger charge is 2.26. The molecule has 1 aliphatic rings. The largest absolute Gasteiger partial charge is 0.451 e. The van der Waals surface area contributed by atoms with Crippen LogP contribution in [0.2, 0.25) is 0 Å². The minimum absolute atomic E-state index is 0.0560. The number of para-hydroxylation sites is 1. The summed E-state index contributed by atoms with van der Waals surface area (Å²) >= 11 is 0. The van der Waals surface area contributed by atoms with Gasteiger partial charge in [0, 0.05) is 50.4 Å². The molecule has 2 heterocycles. The van der Waals surface area contributed by atoms with Crippen molar-refractivity contribution in [1.82, 2.24) is 10.2 Å². The van der Waals surface area contributed by atoms with Gasteiger partial charge in [-0.05, 0) is 49.1 Å². The Kier molecular flexibility index (Phi) is 5.74. The van der Waals surface area contributed by atoms with Gasteiger partial charge in [-0.3, -0.25) is 9.59 Å². The molecule has 0 spiro atoms. The van der Waals surface area contributed by atoms with Crippen molar-refractivity contribution in [3.63, 3.8) is 0 Å². The lowest BCUT2D eigenvalue weighted by Gasteiger charge is -2.31. The molecule has 0 unspecified atom stereocenters. The summed E-state index contributed by atoms with van der Waals surface area (Å²) in [6, 6.07) is 17.1. The quantitative estimate of drug-likeness (QED) is 0.702. The van der Waals surface area contributed by atoms with Gasteiger partial charge in [0.2, 0.25) is 0 Å². The van der Waals surface area contributed by atoms with Crippen molar-refractivity contribution in [2.75, 3.05) is 38.6 Å². The maximum Gasteiger partial charge on any atom is 0.289 e. The van der Waals surface area contributed by atoms with E-state index in [1.807, 2.05) is 78.5 Å². The molecule has 0 atom stereocenters. The number of furan rings is 1. The van der Waals surface area contributed by atoms with E-state index in [1.165, 1.54) is 0 Å². The van der Waals surface area contributed by atoms with Gasteiger partial charge in [-0.25, -0.2) is 0 Å². The number of hydrogen-bond donors (Lipinski definition) is 1. The van der Waals surface area contributed by atoms with Crippen molar-refractivity contribution < 1.29 is 14.0 Å². The molecule has 1 N–H and O–H groups in total. The molecule has 1 aromatic heterocycles. The summed E-state index contributed by atoms with van der Waals surface area (Å²) in [6.07, 6.45) is 1.73. The van der Waals surface area contributed by atoms with Crippen LogP contribution in [0.5, 0.6) is 0 Å². The predicted octanol–water partition coefficient (Wildman–Crippen LogP) is 3.78. The Labute approximate surface area is 176 Å². The second-order valence-electron chi connectivity index (χ2n) is 8.04. The average molecular weight is 405 g/mol. The second kappa shape index (κ2) is 8.61. The molecule has 0 bridgehead atoms. The van der Waals surface area contributed by atoms with Crippen molar-refractivity contribution in [3.05, 3.63) is 65.9 Å². The number of rotatable bonds is 5. The SMILES string of the molecule is CN(C)c1cccc(C(=O)NCC2CCN(C(=O)c3cc4ccccc4o3)CC2)c1. The number of piperidine rings is 1. The van der Waals surface area contributed by atoms with Gasteiger partial charge in [-0.1, -0.05) is 24.3 Å². The van der Waals surface area contributed by atoms with Crippen LogP contribution in [-0.4, -0.2) is 50.4 Å². The fraction of sp³-hybridized carbons (Fsp3) is 0.333. The fourth-order valence-corrected chi connectivity index (χ4v) is 3.85. The van der Waals surface area contributed by atoms with E-state index in [1.54, 1.807) is 0 Å². The van der Waals surface area contributed by atoms with Crippen molar-refractivity contribution in [1.29, 1.82) is 0 Å². The van der Waals surface area contributed by atoms with Gasteiger partial charge in [0.1, 0.15) is 5.58 Å². The minimum atomic E-state index is -0.0609. The molecule has 1 aliphatic heterocycles. The predicted molar refractivity (Wildman–Crippen MR) is 118 cm³/mol. The number of nitrogens with one attached hydrogen (secondary N) is 1. The van der Waals surface area contributed by atoms with Crippen molar-refractivity contribution >= 4 is 28.5 Å². The van der Waals surface area contributed by atoms with E-state index in [0.717, 1.165) is 29.5 Å². The molecule has 1 fully saturated rings. The maximum absolute atomic E-state index is 12.8. The molecule has 0 saturated carbocycles. The highest BCUT2D eigenvalue weighted by Crippen LogP contribution is 2.23. The second-order valence-corrected chi connectivity index (χ2v) is 8.04. The summed E-state index contributed by atoms with van der Waals surface area (Å²) in [5.74, 6) is 0.642. The van der Waals surface area contributed by atoms with Crippen LogP contribution >= 0.6 is 0 Å². The number of hydrogen-bond acceptors (Lipinski definition) is 4. The summed E-state index contributed by atoms with van der Waals surface area (Å²) in [7, 11) is 3.91. The van der Waals surface area contributed by atoms with Crippen molar-refractivity contribution in [3.8, 4) is 0 Å². The van der Waals surface area contributed by atoms with Gasteiger partial charge < -0.3 is 19.5 Å². The Morgan fingerprint density at radius 1 is 1.07 bits per heavy atom. The lowest BCUT2D eigenvalue weighted by atomic mass is 9.96. The topological polar surface area (TPSA) is 65.8 Å². The molecule has 6 heteroatoms. The summed E-state index contributed by atoms with van der Waals surface area (Å²) in [6.45, 7) is 1.97. The van der Waals surface area contributed by atoms with Gasteiger partial charge in [0.25, 0.3) is 11.8 Å². The van der Waals surface area contributed by atoms with E-state index >= 15 is 0 Å². The van der Waals surface area contributed by atoms with E-state index in [0.29, 0.717) is 36.9 Å². The summed E-state index contributed by atoms with van der Waals surface area (Å²) < 4.78 is 5.71. The van der Waals surface area contributed by atoms with Crippen LogP contribution in [0, 0.1) is 5.92 Å². The van der Waals surface area contributed by atoms with Crippen molar-refractivity contribution in [2.45, 2.75) is 12.8 Å². The monoisotopic (exact) mass is 405 g/mol. The third kappa shape index (κ3) is 4.32.